The summed E-state index contributed by atoms with van der Waals surface area (Å²) in [4.78, 5) is 10.8. The van der Waals surface area contributed by atoms with Gasteiger partial charge in [-0.25, -0.2) is 4.79 Å². The van der Waals surface area contributed by atoms with Crippen LogP contribution in [0.3, 0.4) is 0 Å². The maximum absolute atomic E-state index is 10.8. The topological polar surface area (TPSA) is 52.3 Å². The predicted octanol–water partition coefficient (Wildman–Crippen LogP) is 5.13. The fraction of sp³-hybridized carbons (Fsp3) is 0.944. The Bertz CT molecular complexity index is 336. The number of hydrogen-bond acceptors (Lipinski definition) is 2. The fourth-order valence-corrected chi connectivity index (χ4v) is 3.48. The average molecular weight is 297 g/mol. The average Bonchev–Trinajstić information content (AvgIpc) is 2.28. The summed E-state index contributed by atoms with van der Waals surface area (Å²) in [6, 6.07) is 0. The second kappa shape index (κ2) is 7.02. The van der Waals surface area contributed by atoms with Gasteiger partial charge in [-0.05, 0) is 61.2 Å². The molecule has 3 nitrogen and oxygen atoms in total. The largest absolute Gasteiger partial charge is 0.446 e. The van der Waals surface area contributed by atoms with Gasteiger partial charge in [-0.1, -0.05) is 41.5 Å². The SMILES string of the molecule is CC(CC1CCC(OC(N)=O)CC1)CC(C)(C)C(C)(C)C. The third-order valence-electron chi connectivity index (χ3n) is 5.70. The fourth-order valence-electron chi connectivity index (χ4n) is 3.48. The highest BCUT2D eigenvalue weighted by molar-refractivity contribution is 5.64. The molecule has 1 aliphatic rings. The van der Waals surface area contributed by atoms with Gasteiger partial charge in [0.15, 0.2) is 0 Å². The van der Waals surface area contributed by atoms with E-state index in [9.17, 15) is 4.79 Å². The highest BCUT2D eigenvalue weighted by Crippen LogP contribution is 2.44. The normalized spacial score (nSPS) is 25.4. The maximum atomic E-state index is 10.8. The van der Waals surface area contributed by atoms with Gasteiger partial charge in [-0.2, -0.15) is 0 Å². The molecule has 1 saturated carbocycles. The number of rotatable bonds is 5. The summed E-state index contributed by atoms with van der Waals surface area (Å²) >= 11 is 0. The van der Waals surface area contributed by atoms with E-state index in [1.165, 1.54) is 12.8 Å². The molecular formula is C18H35NO2. The molecule has 2 N–H and O–H groups in total. The van der Waals surface area contributed by atoms with Crippen molar-refractivity contribution in [3.8, 4) is 0 Å². The van der Waals surface area contributed by atoms with E-state index in [0.29, 0.717) is 10.8 Å². The molecule has 0 aliphatic heterocycles. The van der Waals surface area contributed by atoms with E-state index in [1.807, 2.05) is 0 Å². The van der Waals surface area contributed by atoms with Crippen molar-refractivity contribution in [2.45, 2.75) is 86.2 Å². The van der Waals surface area contributed by atoms with Crippen LogP contribution in [0, 0.1) is 22.7 Å². The lowest BCUT2D eigenvalue weighted by Crippen LogP contribution is -2.32. The van der Waals surface area contributed by atoms with E-state index in [4.69, 9.17) is 10.5 Å². The number of carbonyl (C=O) groups excluding carboxylic acids is 1. The molecule has 0 aromatic rings. The first kappa shape index (κ1) is 18.3. The van der Waals surface area contributed by atoms with Crippen molar-refractivity contribution in [3.05, 3.63) is 0 Å². The molecule has 1 aliphatic carbocycles. The summed E-state index contributed by atoms with van der Waals surface area (Å²) in [6.07, 6.45) is 6.28. The summed E-state index contributed by atoms with van der Waals surface area (Å²) < 4.78 is 5.11. The molecule has 1 unspecified atom stereocenters. The lowest BCUT2D eigenvalue weighted by molar-refractivity contribution is 0.0601. The van der Waals surface area contributed by atoms with E-state index in [1.54, 1.807) is 0 Å². The Morgan fingerprint density at radius 3 is 2.10 bits per heavy atom. The minimum absolute atomic E-state index is 0.0556. The van der Waals surface area contributed by atoms with E-state index in [-0.39, 0.29) is 6.10 Å². The molecule has 1 fully saturated rings. The molecule has 0 saturated heterocycles. The number of carbonyl (C=O) groups is 1. The molecule has 1 rings (SSSR count). The Balaban J connectivity index is 2.37. The van der Waals surface area contributed by atoms with Gasteiger partial charge in [0.2, 0.25) is 0 Å². The van der Waals surface area contributed by atoms with Gasteiger partial charge in [0, 0.05) is 0 Å². The van der Waals surface area contributed by atoms with E-state index in [2.05, 4.69) is 41.5 Å². The highest BCUT2D eigenvalue weighted by Gasteiger charge is 2.34. The minimum Gasteiger partial charge on any atom is -0.446 e. The lowest BCUT2D eigenvalue weighted by atomic mass is 9.64. The van der Waals surface area contributed by atoms with E-state index in [0.717, 1.165) is 37.5 Å². The van der Waals surface area contributed by atoms with Gasteiger partial charge >= 0.3 is 6.09 Å². The van der Waals surface area contributed by atoms with Crippen LogP contribution in [0.5, 0.6) is 0 Å². The number of ether oxygens (including phenoxy) is 1. The number of nitrogens with two attached hydrogens (primary N) is 1. The molecule has 0 aromatic carbocycles. The van der Waals surface area contributed by atoms with Crippen molar-refractivity contribution in [2.24, 2.45) is 28.4 Å². The Hall–Kier alpha value is -0.730. The van der Waals surface area contributed by atoms with Crippen LogP contribution in [0.2, 0.25) is 0 Å². The number of amides is 1. The van der Waals surface area contributed by atoms with Crippen molar-refractivity contribution in [2.75, 3.05) is 0 Å². The molecule has 0 bridgehead atoms. The first-order valence-corrected chi connectivity index (χ1v) is 8.47. The van der Waals surface area contributed by atoms with Crippen molar-refractivity contribution in [3.63, 3.8) is 0 Å². The van der Waals surface area contributed by atoms with Crippen LogP contribution >= 0.6 is 0 Å². The van der Waals surface area contributed by atoms with Crippen LogP contribution < -0.4 is 5.73 Å². The second-order valence-corrected chi connectivity index (χ2v) is 8.76. The van der Waals surface area contributed by atoms with Crippen LogP contribution in [-0.4, -0.2) is 12.2 Å². The highest BCUT2D eigenvalue weighted by atomic mass is 16.6. The zero-order valence-electron chi connectivity index (χ0n) is 14.9. The zero-order valence-corrected chi connectivity index (χ0v) is 14.9. The molecule has 0 spiro atoms. The Labute approximate surface area is 131 Å². The molecule has 1 atom stereocenters. The van der Waals surface area contributed by atoms with Crippen molar-refractivity contribution in [1.29, 1.82) is 0 Å². The van der Waals surface area contributed by atoms with Gasteiger partial charge in [0.05, 0.1) is 0 Å². The third-order valence-corrected chi connectivity index (χ3v) is 5.70. The van der Waals surface area contributed by atoms with Crippen LogP contribution in [0.15, 0.2) is 0 Å². The lowest BCUT2D eigenvalue weighted by Gasteiger charge is -2.41. The standard InChI is InChI=1S/C18H35NO2/c1-13(12-18(5,6)17(2,3)4)11-14-7-9-15(10-8-14)21-16(19)20/h13-15H,7-12H2,1-6H3,(H2,19,20). The summed E-state index contributed by atoms with van der Waals surface area (Å²) in [7, 11) is 0. The summed E-state index contributed by atoms with van der Waals surface area (Å²) in [5.74, 6) is 1.53. The monoisotopic (exact) mass is 297 g/mol. The Morgan fingerprint density at radius 2 is 1.67 bits per heavy atom. The molecule has 0 radical (unpaired) electrons. The van der Waals surface area contributed by atoms with Gasteiger partial charge in [0.25, 0.3) is 0 Å². The van der Waals surface area contributed by atoms with Gasteiger partial charge in [-0.15, -0.1) is 0 Å². The number of hydrogen-bond donors (Lipinski definition) is 1. The molecule has 21 heavy (non-hydrogen) atoms. The predicted molar refractivity (Wildman–Crippen MR) is 88.0 cm³/mol. The number of primary amides is 1. The first-order valence-electron chi connectivity index (χ1n) is 8.47. The summed E-state index contributed by atoms with van der Waals surface area (Å²) in [5, 5.41) is 0. The molecule has 0 aromatic heterocycles. The Kier molecular flexibility index (Phi) is 6.12. The van der Waals surface area contributed by atoms with Crippen molar-refractivity contribution in [1.82, 2.24) is 0 Å². The second-order valence-electron chi connectivity index (χ2n) is 8.76. The minimum atomic E-state index is -0.626. The van der Waals surface area contributed by atoms with Crippen LogP contribution in [0.1, 0.15) is 80.1 Å². The first-order chi connectivity index (χ1) is 9.51. The summed E-state index contributed by atoms with van der Waals surface area (Å²) in [6.45, 7) is 14.2. The molecular weight excluding hydrogens is 262 g/mol. The smallest absolute Gasteiger partial charge is 0.404 e. The molecule has 0 heterocycles. The third kappa shape index (κ3) is 5.88. The maximum Gasteiger partial charge on any atom is 0.404 e. The molecule has 3 heteroatoms. The molecule has 1 amide bonds. The van der Waals surface area contributed by atoms with Crippen LogP contribution in [-0.2, 0) is 4.74 Å². The van der Waals surface area contributed by atoms with E-state index < -0.39 is 6.09 Å². The van der Waals surface area contributed by atoms with Gasteiger partial charge < -0.3 is 10.5 Å². The van der Waals surface area contributed by atoms with Gasteiger partial charge in [0.1, 0.15) is 6.10 Å². The Morgan fingerprint density at radius 1 is 1.14 bits per heavy atom. The van der Waals surface area contributed by atoms with E-state index >= 15 is 0 Å². The van der Waals surface area contributed by atoms with Gasteiger partial charge in [-0.3, -0.25) is 0 Å². The molecule has 124 valence electrons. The van der Waals surface area contributed by atoms with Crippen molar-refractivity contribution < 1.29 is 9.53 Å². The van der Waals surface area contributed by atoms with Crippen LogP contribution in [0.25, 0.3) is 0 Å². The zero-order chi connectivity index (χ0) is 16.3. The quantitative estimate of drug-likeness (QED) is 0.764. The van der Waals surface area contributed by atoms with Crippen molar-refractivity contribution >= 4 is 6.09 Å². The summed E-state index contributed by atoms with van der Waals surface area (Å²) in [5.41, 5.74) is 5.79. The van der Waals surface area contributed by atoms with Crippen LogP contribution in [0.4, 0.5) is 4.79 Å².